The molecular formula is C8H16N2O2S2. The van der Waals surface area contributed by atoms with E-state index < -0.39 is 9.84 Å². The van der Waals surface area contributed by atoms with Gasteiger partial charge < -0.3 is 5.32 Å². The lowest BCUT2D eigenvalue weighted by molar-refractivity contribution is 0.601. The molecule has 0 aromatic carbocycles. The van der Waals surface area contributed by atoms with Crippen LogP contribution in [0.3, 0.4) is 0 Å². The molecule has 0 spiro atoms. The highest BCUT2D eigenvalue weighted by molar-refractivity contribution is 8.14. The normalized spacial score (nSPS) is 25.3. The van der Waals surface area contributed by atoms with Crippen molar-refractivity contribution < 1.29 is 8.42 Å². The Labute approximate surface area is 89.5 Å². The molecule has 1 aliphatic rings. The molecule has 0 aliphatic carbocycles. The largest absolute Gasteiger partial charge is 0.361 e. The van der Waals surface area contributed by atoms with E-state index in [1.807, 2.05) is 0 Å². The summed E-state index contributed by atoms with van der Waals surface area (Å²) >= 11 is 1.67. The van der Waals surface area contributed by atoms with Crippen LogP contribution in [0.4, 0.5) is 0 Å². The summed E-state index contributed by atoms with van der Waals surface area (Å²) in [4.78, 5) is 4.20. The average molecular weight is 236 g/mol. The van der Waals surface area contributed by atoms with Crippen LogP contribution >= 0.6 is 11.8 Å². The summed E-state index contributed by atoms with van der Waals surface area (Å²) in [5.74, 6) is 1.17. The van der Waals surface area contributed by atoms with Crippen molar-refractivity contribution in [3.63, 3.8) is 0 Å². The Morgan fingerprint density at radius 1 is 1.64 bits per heavy atom. The minimum Gasteiger partial charge on any atom is -0.361 e. The van der Waals surface area contributed by atoms with Gasteiger partial charge in [-0.1, -0.05) is 18.7 Å². The minimum absolute atomic E-state index is 0.134. The lowest BCUT2D eigenvalue weighted by Gasteiger charge is -2.04. The molecule has 1 N–H and O–H groups in total. The maximum Gasteiger partial charge on any atom is 0.156 e. The molecule has 1 saturated heterocycles. The zero-order valence-electron chi connectivity index (χ0n) is 8.49. The maximum absolute atomic E-state index is 10.8. The van der Waals surface area contributed by atoms with Crippen molar-refractivity contribution in [1.82, 2.24) is 5.32 Å². The molecule has 0 amide bonds. The molecule has 1 aliphatic heterocycles. The van der Waals surface area contributed by atoms with E-state index in [1.54, 1.807) is 11.8 Å². The van der Waals surface area contributed by atoms with Gasteiger partial charge in [-0.15, -0.1) is 0 Å². The summed E-state index contributed by atoms with van der Waals surface area (Å²) < 4.78 is 21.7. The molecule has 14 heavy (non-hydrogen) atoms. The number of nitrogens with zero attached hydrogens (tertiary/aromatic N) is 1. The first-order valence-electron chi connectivity index (χ1n) is 4.63. The van der Waals surface area contributed by atoms with Crippen LogP contribution < -0.4 is 5.32 Å². The van der Waals surface area contributed by atoms with E-state index in [1.165, 1.54) is 6.26 Å². The number of rotatable bonds is 4. The van der Waals surface area contributed by atoms with Crippen LogP contribution in [0.5, 0.6) is 0 Å². The van der Waals surface area contributed by atoms with Crippen molar-refractivity contribution in [2.24, 2.45) is 4.99 Å². The third kappa shape index (κ3) is 4.32. The Bertz CT molecular complexity index is 311. The highest BCUT2D eigenvalue weighted by atomic mass is 32.2. The number of nitrogens with one attached hydrogen (secondary N) is 1. The molecule has 1 atom stereocenters. The third-order valence-corrected chi connectivity index (χ3v) is 3.97. The van der Waals surface area contributed by atoms with Gasteiger partial charge in [0.15, 0.2) is 5.17 Å². The van der Waals surface area contributed by atoms with Gasteiger partial charge in [0.25, 0.3) is 0 Å². The lowest BCUT2D eigenvalue weighted by atomic mass is 10.3. The number of amidine groups is 1. The van der Waals surface area contributed by atoms with E-state index in [0.717, 1.165) is 17.3 Å². The van der Waals surface area contributed by atoms with E-state index in [9.17, 15) is 8.42 Å². The number of hydrogen-bond donors (Lipinski definition) is 1. The van der Waals surface area contributed by atoms with Crippen LogP contribution in [0.2, 0.25) is 0 Å². The fourth-order valence-corrected chi connectivity index (χ4v) is 2.60. The van der Waals surface area contributed by atoms with Crippen LogP contribution in [-0.4, -0.2) is 43.9 Å². The molecule has 0 radical (unpaired) electrons. The van der Waals surface area contributed by atoms with E-state index in [0.29, 0.717) is 12.6 Å². The number of hydrogen-bond acceptors (Lipinski definition) is 4. The molecule has 6 heteroatoms. The molecule has 0 aromatic heterocycles. The first kappa shape index (κ1) is 11.8. The summed E-state index contributed by atoms with van der Waals surface area (Å²) in [5, 5.41) is 4.13. The molecule has 0 bridgehead atoms. The number of sulfone groups is 1. The van der Waals surface area contributed by atoms with Crippen LogP contribution in [0.1, 0.15) is 13.3 Å². The quantitative estimate of drug-likeness (QED) is 0.772. The molecule has 0 aromatic rings. The first-order valence-corrected chi connectivity index (χ1v) is 7.67. The Hall–Kier alpha value is -0.230. The SMILES string of the molecule is CCC1CSC(=NCCS(C)(=O)=O)N1. The monoisotopic (exact) mass is 236 g/mol. The number of aliphatic imine (C=N–C) groups is 1. The summed E-state index contributed by atoms with van der Waals surface area (Å²) in [6.45, 7) is 2.49. The molecular weight excluding hydrogens is 220 g/mol. The Kier molecular flexibility index (Phi) is 4.25. The molecule has 1 rings (SSSR count). The van der Waals surface area contributed by atoms with Crippen molar-refractivity contribution in [2.45, 2.75) is 19.4 Å². The molecule has 1 unspecified atom stereocenters. The molecule has 1 fully saturated rings. The second kappa shape index (κ2) is 5.02. The van der Waals surface area contributed by atoms with Crippen LogP contribution in [0.25, 0.3) is 0 Å². The maximum atomic E-state index is 10.8. The van der Waals surface area contributed by atoms with E-state index in [2.05, 4.69) is 17.2 Å². The summed E-state index contributed by atoms with van der Waals surface area (Å²) in [6, 6.07) is 0.497. The second-order valence-electron chi connectivity index (χ2n) is 3.38. The predicted molar refractivity (Wildman–Crippen MR) is 61.7 cm³/mol. The van der Waals surface area contributed by atoms with Gasteiger partial charge in [-0.2, -0.15) is 0 Å². The van der Waals surface area contributed by atoms with Crippen LogP contribution in [-0.2, 0) is 9.84 Å². The zero-order valence-corrected chi connectivity index (χ0v) is 10.1. The fraction of sp³-hybridized carbons (Fsp3) is 0.875. The van der Waals surface area contributed by atoms with Crippen LogP contribution in [0.15, 0.2) is 4.99 Å². The van der Waals surface area contributed by atoms with Crippen molar-refractivity contribution >= 4 is 26.8 Å². The highest BCUT2D eigenvalue weighted by Crippen LogP contribution is 2.15. The van der Waals surface area contributed by atoms with Crippen molar-refractivity contribution in [3.05, 3.63) is 0 Å². The van der Waals surface area contributed by atoms with E-state index in [4.69, 9.17) is 0 Å². The molecule has 1 heterocycles. The fourth-order valence-electron chi connectivity index (χ4n) is 1.06. The Morgan fingerprint density at radius 3 is 2.86 bits per heavy atom. The second-order valence-corrected chi connectivity index (χ2v) is 6.65. The van der Waals surface area contributed by atoms with Crippen molar-refractivity contribution in [1.29, 1.82) is 0 Å². The summed E-state index contributed by atoms with van der Waals surface area (Å²) in [5.41, 5.74) is 0. The van der Waals surface area contributed by atoms with E-state index in [-0.39, 0.29) is 5.75 Å². The smallest absolute Gasteiger partial charge is 0.156 e. The lowest BCUT2D eigenvalue weighted by Crippen LogP contribution is -2.26. The third-order valence-electron chi connectivity index (χ3n) is 1.96. The van der Waals surface area contributed by atoms with E-state index >= 15 is 0 Å². The highest BCUT2D eigenvalue weighted by Gasteiger charge is 2.17. The minimum atomic E-state index is -2.88. The van der Waals surface area contributed by atoms with Gasteiger partial charge in [0.1, 0.15) is 9.84 Å². The Balaban J connectivity index is 2.33. The standard InChI is InChI=1S/C8H16N2O2S2/c1-3-7-6-13-8(10-7)9-4-5-14(2,11)12/h7H,3-6H2,1-2H3,(H,9,10). The van der Waals surface area contributed by atoms with Crippen molar-refractivity contribution in [2.75, 3.05) is 24.3 Å². The predicted octanol–water partition coefficient (Wildman–Crippen LogP) is 0.502. The van der Waals surface area contributed by atoms with Gasteiger partial charge in [0.2, 0.25) is 0 Å². The Morgan fingerprint density at radius 2 is 2.36 bits per heavy atom. The van der Waals surface area contributed by atoms with Gasteiger partial charge in [0.05, 0.1) is 12.3 Å². The topological polar surface area (TPSA) is 58.5 Å². The zero-order chi connectivity index (χ0) is 10.6. The van der Waals surface area contributed by atoms with Gasteiger partial charge in [-0.3, -0.25) is 4.99 Å². The van der Waals surface area contributed by atoms with Gasteiger partial charge >= 0.3 is 0 Å². The summed E-state index contributed by atoms with van der Waals surface area (Å²) in [6.07, 6.45) is 2.31. The van der Waals surface area contributed by atoms with Gasteiger partial charge in [-0.25, -0.2) is 8.42 Å². The molecule has 4 nitrogen and oxygen atoms in total. The van der Waals surface area contributed by atoms with Gasteiger partial charge in [0, 0.05) is 18.1 Å². The molecule has 0 saturated carbocycles. The van der Waals surface area contributed by atoms with Crippen molar-refractivity contribution in [3.8, 4) is 0 Å². The number of thioether (sulfide) groups is 1. The van der Waals surface area contributed by atoms with Gasteiger partial charge in [-0.05, 0) is 6.42 Å². The molecule has 82 valence electrons. The van der Waals surface area contributed by atoms with Crippen LogP contribution in [0, 0.1) is 0 Å². The first-order chi connectivity index (χ1) is 6.51. The average Bonchev–Trinajstić information content (AvgIpc) is 2.50. The summed E-state index contributed by atoms with van der Waals surface area (Å²) in [7, 11) is -2.88.